The molecule has 1 atom stereocenters. The number of rotatable bonds is 2. The zero-order chi connectivity index (χ0) is 14.8. The first kappa shape index (κ1) is 13.5. The van der Waals surface area contributed by atoms with Crippen LogP contribution >= 0.6 is 11.6 Å². The van der Waals surface area contributed by atoms with E-state index in [1.165, 1.54) is 0 Å². The largest absolute Gasteiger partial charge is 0.480 e. The fraction of sp³-hybridized carbons (Fsp3) is 0.125. The Morgan fingerprint density at radius 1 is 1.33 bits per heavy atom. The molecule has 1 heterocycles. The Bertz CT molecular complexity index is 727. The third-order valence-corrected chi connectivity index (χ3v) is 3.62. The number of fused-ring (bicyclic) bond motifs is 1. The number of para-hydroxylation sites is 1. The number of anilines is 1. The van der Waals surface area contributed by atoms with Crippen LogP contribution in [0.15, 0.2) is 42.5 Å². The van der Waals surface area contributed by atoms with E-state index in [9.17, 15) is 4.79 Å². The molecule has 2 aromatic rings. The molecule has 0 saturated heterocycles. The van der Waals surface area contributed by atoms with Crippen molar-refractivity contribution in [3.05, 3.63) is 58.6 Å². The smallest absolute Gasteiger partial charge is 0.265 e. The van der Waals surface area contributed by atoms with Gasteiger partial charge in [-0.3, -0.25) is 4.79 Å². The molecule has 21 heavy (non-hydrogen) atoms. The second kappa shape index (κ2) is 5.47. The molecule has 0 aromatic heterocycles. The van der Waals surface area contributed by atoms with Crippen molar-refractivity contribution in [2.45, 2.75) is 12.5 Å². The minimum absolute atomic E-state index is 0.275. The van der Waals surface area contributed by atoms with E-state index in [2.05, 4.69) is 5.32 Å². The molecule has 1 N–H and O–H groups in total. The van der Waals surface area contributed by atoms with Gasteiger partial charge < -0.3 is 10.1 Å². The van der Waals surface area contributed by atoms with Gasteiger partial charge in [0.1, 0.15) is 5.75 Å². The third-order valence-electron chi connectivity index (χ3n) is 3.29. The Labute approximate surface area is 126 Å². The number of hydrogen-bond donors (Lipinski definition) is 1. The zero-order valence-electron chi connectivity index (χ0n) is 11.0. The second-order valence-electron chi connectivity index (χ2n) is 4.71. The van der Waals surface area contributed by atoms with E-state index >= 15 is 0 Å². The van der Waals surface area contributed by atoms with Gasteiger partial charge in [-0.2, -0.15) is 5.26 Å². The fourth-order valence-electron chi connectivity index (χ4n) is 2.23. The molecule has 5 heteroatoms. The molecular formula is C16H11ClN2O2. The summed E-state index contributed by atoms with van der Waals surface area (Å²) < 4.78 is 5.62. The number of hydrogen-bond acceptors (Lipinski definition) is 3. The van der Waals surface area contributed by atoms with Gasteiger partial charge in [-0.1, -0.05) is 29.8 Å². The highest BCUT2D eigenvalue weighted by Crippen LogP contribution is 2.29. The van der Waals surface area contributed by atoms with Crippen LogP contribution in [0, 0.1) is 11.3 Å². The minimum Gasteiger partial charge on any atom is -0.480 e. The minimum atomic E-state index is -0.579. The average molecular weight is 299 g/mol. The van der Waals surface area contributed by atoms with Crippen LogP contribution in [0.4, 0.5) is 5.69 Å². The maximum atomic E-state index is 12.3. The highest BCUT2D eigenvalue weighted by atomic mass is 35.5. The van der Waals surface area contributed by atoms with Crippen molar-refractivity contribution >= 4 is 23.2 Å². The van der Waals surface area contributed by atoms with Crippen molar-refractivity contribution in [3.8, 4) is 11.8 Å². The highest BCUT2D eigenvalue weighted by molar-refractivity contribution is 6.33. The SMILES string of the molecule is N#Cc1ccc(Cl)c(NC(=O)C2Cc3ccccc3O2)c1. The predicted molar refractivity (Wildman–Crippen MR) is 79.4 cm³/mol. The monoisotopic (exact) mass is 298 g/mol. The normalized spacial score (nSPS) is 15.7. The van der Waals surface area contributed by atoms with Gasteiger partial charge in [0.15, 0.2) is 6.10 Å². The summed E-state index contributed by atoms with van der Waals surface area (Å²) in [5.74, 6) is 0.456. The number of halogens is 1. The van der Waals surface area contributed by atoms with E-state index in [1.807, 2.05) is 30.3 Å². The van der Waals surface area contributed by atoms with E-state index in [-0.39, 0.29) is 5.91 Å². The zero-order valence-corrected chi connectivity index (χ0v) is 11.7. The van der Waals surface area contributed by atoms with E-state index in [4.69, 9.17) is 21.6 Å². The maximum Gasteiger partial charge on any atom is 0.265 e. The summed E-state index contributed by atoms with van der Waals surface area (Å²) in [5, 5.41) is 12.0. The summed E-state index contributed by atoms with van der Waals surface area (Å²) in [6, 6.07) is 14.3. The molecule has 0 radical (unpaired) electrons. The first-order valence-electron chi connectivity index (χ1n) is 6.42. The quantitative estimate of drug-likeness (QED) is 0.926. The summed E-state index contributed by atoms with van der Waals surface area (Å²) >= 11 is 6.03. The van der Waals surface area contributed by atoms with Gasteiger partial charge >= 0.3 is 0 Å². The van der Waals surface area contributed by atoms with Crippen molar-refractivity contribution in [2.75, 3.05) is 5.32 Å². The lowest BCUT2D eigenvalue weighted by Gasteiger charge is -2.12. The van der Waals surface area contributed by atoms with Crippen LogP contribution in [0.25, 0.3) is 0 Å². The van der Waals surface area contributed by atoms with Crippen LogP contribution < -0.4 is 10.1 Å². The van der Waals surface area contributed by atoms with Crippen LogP contribution in [0.5, 0.6) is 5.75 Å². The van der Waals surface area contributed by atoms with Gasteiger partial charge in [0, 0.05) is 6.42 Å². The van der Waals surface area contributed by atoms with Gasteiger partial charge in [0.25, 0.3) is 5.91 Å². The van der Waals surface area contributed by atoms with Crippen molar-refractivity contribution in [2.24, 2.45) is 0 Å². The van der Waals surface area contributed by atoms with Gasteiger partial charge in [-0.15, -0.1) is 0 Å². The first-order valence-corrected chi connectivity index (χ1v) is 6.80. The summed E-state index contributed by atoms with van der Waals surface area (Å²) in [5.41, 5.74) is 1.86. The Kier molecular flexibility index (Phi) is 3.51. The standard InChI is InChI=1S/C16H11ClN2O2/c17-12-6-5-10(9-18)7-13(12)19-16(20)15-8-11-3-1-2-4-14(11)21-15/h1-7,15H,8H2,(H,19,20). The summed E-state index contributed by atoms with van der Waals surface area (Å²) in [4.78, 5) is 12.3. The Morgan fingerprint density at radius 2 is 2.14 bits per heavy atom. The highest BCUT2D eigenvalue weighted by Gasteiger charge is 2.29. The molecule has 104 valence electrons. The van der Waals surface area contributed by atoms with Crippen LogP contribution in [0.3, 0.4) is 0 Å². The molecular weight excluding hydrogens is 288 g/mol. The van der Waals surface area contributed by atoms with Crippen LogP contribution in [0.1, 0.15) is 11.1 Å². The molecule has 3 rings (SSSR count). The van der Waals surface area contributed by atoms with Gasteiger partial charge in [0.2, 0.25) is 0 Å². The number of carbonyl (C=O) groups is 1. The Balaban J connectivity index is 1.75. The fourth-order valence-corrected chi connectivity index (χ4v) is 2.40. The van der Waals surface area contributed by atoms with Gasteiger partial charge in [-0.25, -0.2) is 0 Å². The number of carbonyl (C=O) groups excluding carboxylic acids is 1. The van der Waals surface area contributed by atoms with Crippen molar-refractivity contribution in [3.63, 3.8) is 0 Å². The van der Waals surface area contributed by atoms with Gasteiger partial charge in [-0.05, 0) is 29.8 Å². The van der Waals surface area contributed by atoms with E-state index in [1.54, 1.807) is 18.2 Å². The predicted octanol–water partition coefficient (Wildman–Crippen LogP) is 3.15. The third kappa shape index (κ3) is 2.69. The molecule has 1 unspecified atom stereocenters. The van der Waals surface area contributed by atoms with Crippen molar-refractivity contribution in [1.82, 2.24) is 0 Å². The number of nitriles is 1. The lowest BCUT2D eigenvalue weighted by atomic mass is 10.1. The van der Waals surface area contributed by atoms with Crippen LogP contribution in [-0.2, 0) is 11.2 Å². The summed E-state index contributed by atoms with van der Waals surface area (Å²) in [6.45, 7) is 0. The summed E-state index contributed by atoms with van der Waals surface area (Å²) in [6.07, 6.45) is -0.0541. The molecule has 2 aromatic carbocycles. The molecule has 1 amide bonds. The Hall–Kier alpha value is -2.51. The lowest BCUT2D eigenvalue weighted by molar-refractivity contribution is -0.122. The molecule has 0 fully saturated rings. The number of benzene rings is 2. The first-order chi connectivity index (χ1) is 10.2. The van der Waals surface area contributed by atoms with Crippen LogP contribution in [0.2, 0.25) is 5.02 Å². The number of nitrogens with one attached hydrogen (secondary N) is 1. The number of nitrogens with zero attached hydrogens (tertiary/aromatic N) is 1. The second-order valence-corrected chi connectivity index (χ2v) is 5.12. The maximum absolute atomic E-state index is 12.3. The van der Waals surface area contributed by atoms with E-state index in [0.29, 0.717) is 22.7 Å². The topological polar surface area (TPSA) is 62.1 Å². The average Bonchev–Trinajstić information content (AvgIpc) is 2.93. The number of ether oxygens (including phenoxy) is 1. The Morgan fingerprint density at radius 3 is 2.90 bits per heavy atom. The molecule has 1 aliphatic heterocycles. The molecule has 0 spiro atoms. The molecule has 4 nitrogen and oxygen atoms in total. The van der Waals surface area contributed by atoms with Crippen molar-refractivity contribution in [1.29, 1.82) is 5.26 Å². The molecule has 0 saturated carbocycles. The molecule has 1 aliphatic rings. The van der Waals surface area contributed by atoms with Crippen LogP contribution in [-0.4, -0.2) is 12.0 Å². The lowest BCUT2D eigenvalue weighted by Crippen LogP contribution is -2.31. The van der Waals surface area contributed by atoms with Gasteiger partial charge in [0.05, 0.1) is 22.3 Å². The molecule has 0 bridgehead atoms. The number of amides is 1. The van der Waals surface area contributed by atoms with Crippen molar-refractivity contribution < 1.29 is 9.53 Å². The summed E-state index contributed by atoms with van der Waals surface area (Å²) in [7, 11) is 0. The van der Waals surface area contributed by atoms with E-state index in [0.717, 1.165) is 11.3 Å². The van der Waals surface area contributed by atoms with E-state index < -0.39 is 6.10 Å². The molecule has 0 aliphatic carbocycles.